The molecular formula is C9H9N3O2. The number of hydrogen-bond acceptors (Lipinski definition) is 3. The zero-order valence-corrected chi connectivity index (χ0v) is 7.56. The molecule has 5 nitrogen and oxygen atoms in total. The van der Waals surface area contributed by atoms with E-state index in [9.17, 15) is 4.79 Å². The summed E-state index contributed by atoms with van der Waals surface area (Å²) >= 11 is 0. The Kier molecular flexibility index (Phi) is 1.67. The van der Waals surface area contributed by atoms with E-state index in [0.29, 0.717) is 17.0 Å². The average Bonchev–Trinajstić information content (AvgIpc) is 2.43. The summed E-state index contributed by atoms with van der Waals surface area (Å²) in [5, 5.41) is 8.87. The molecule has 3 N–H and O–H groups in total. The third-order valence-electron chi connectivity index (χ3n) is 2.05. The molecule has 14 heavy (non-hydrogen) atoms. The molecule has 0 atom stereocenters. The number of aromatic carboxylic acids is 1. The minimum absolute atomic E-state index is 0.0369. The number of hydrogen-bond donors (Lipinski definition) is 2. The van der Waals surface area contributed by atoms with Gasteiger partial charge in [0.1, 0.15) is 5.82 Å². The molecule has 0 aromatic carbocycles. The molecule has 0 unspecified atom stereocenters. The smallest absolute Gasteiger partial charge is 0.356 e. The highest BCUT2D eigenvalue weighted by Crippen LogP contribution is 2.15. The van der Waals surface area contributed by atoms with Crippen molar-refractivity contribution in [2.24, 2.45) is 0 Å². The molecule has 0 bridgehead atoms. The lowest BCUT2D eigenvalue weighted by Crippen LogP contribution is -1.97. The average molecular weight is 191 g/mol. The van der Waals surface area contributed by atoms with E-state index >= 15 is 0 Å². The summed E-state index contributed by atoms with van der Waals surface area (Å²) in [6.45, 7) is 1.75. The Labute approximate surface area is 79.8 Å². The Morgan fingerprint density at radius 3 is 3.00 bits per heavy atom. The number of imidazole rings is 1. The lowest BCUT2D eigenvalue weighted by atomic mass is 10.3. The minimum atomic E-state index is -1.04. The second-order valence-corrected chi connectivity index (χ2v) is 3.03. The fourth-order valence-corrected chi connectivity index (χ4v) is 1.41. The highest BCUT2D eigenvalue weighted by molar-refractivity contribution is 5.94. The molecule has 2 heterocycles. The summed E-state index contributed by atoms with van der Waals surface area (Å²) in [5.74, 6) is -0.404. The predicted octanol–water partition coefficient (Wildman–Crippen LogP) is 0.923. The number of rotatable bonds is 1. The van der Waals surface area contributed by atoms with E-state index in [1.807, 2.05) is 0 Å². The number of anilines is 1. The normalized spacial score (nSPS) is 10.6. The highest BCUT2D eigenvalue weighted by Gasteiger charge is 2.14. The SMILES string of the molecule is Cc1nc(C(=O)O)c2cc(N)ccn12. The Hall–Kier alpha value is -2.04. The van der Waals surface area contributed by atoms with Gasteiger partial charge in [0.25, 0.3) is 0 Å². The maximum absolute atomic E-state index is 10.8. The summed E-state index contributed by atoms with van der Waals surface area (Å²) in [7, 11) is 0. The number of nitrogen functional groups attached to an aromatic ring is 1. The second-order valence-electron chi connectivity index (χ2n) is 3.03. The third kappa shape index (κ3) is 1.10. The summed E-state index contributed by atoms with van der Waals surface area (Å²) in [6.07, 6.45) is 1.71. The Balaban J connectivity index is 2.85. The molecule has 0 aliphatic heterocycles. The van der Waals surface area contributed by atoms with Gasteiger partial charge in [0.2, 0.25) is 0 Å². The van der Waals surface area contributed by atoms with Crippen LogP contribution < -0.4 is 5.73 Å². The number of nitrogens with two attached hydrogens (primary N) is 1. The van der Waals surface area contributed by atoms with Crippen LogP contribution in [0.15, 0.2) is 18.3 Å². The van der Waals surface area contributed by atoms with Crippen LogP contribution in [0.25, 0.3) is 5.52 Å². The summed E-state index contributed by atoms with van der Waals surface area (Å²) in [6, 6.07) is 3.30. The first-order valence-electron chi connectivity index (χ1n) is 4.07. The van der Waals surface area contributed by atoms with Crippen LogP contribution in [0.3, 0.4) is 0 Å². The molecule has 0 saturated carbocycles. The van der Waals surface area contributed by atoms with E-state index in [0.717, 1.165) is 0 Å². The predicted molar refractivity (Wildman–Crippen MR) is 51.3 cm³/mol. The Morgan fingerprint density at radius 1 is 1.64 bits per heavy atom. The first kappa shape index (κ1) is 8.55. The van der Waals surface area contributed by atoms with Gasteiger partial charge in [-0.2, -0.15) is 0 Å². The van der Waals surface area contributed by atoms with Gasteiger partial charge in [0.05, 0.1) is 5.52 Å². The van der Waals surface area contributed by atoms with E-state index in [-0.39, 0.29) is 5.69 Å². The van der Waals surface area contributed by atoms with Gasteiger partial charge in [-0.25, -0.2) is 9.78 Å². The number of aromatic nitrogens is 2. The largest absolute Gasteiger partial charge is 0.476 e. The number of aryl methyl sites for hydroxylation is 1. The van der Waals surface area contributed by atoms with Crippen molar-refractivity contribution in [3.63, 3.8) is 0 Å². The van der Waals surface area contributed by atoms with Crippen LogP contribution >= 0.6 is 0 Å². The van der Waals surface area contributed by atoms with E-state index in [4.69, 9.17) is 10.8 Å². The van der Waals surface area contributed by atoms with Gasteiger partial charge in [-0.3, -0.25) is 0 Å². The monoisotopic (exact) mass is 191 g/mol. The minimum Gasteiger partial charge on any atom is -0.476 e. The number of nitrogens with zero attached hydrogens (tertiary/aromatic N) is 2. The van der Waals surface area contributed by atoms with Crippen LogP contribution in [0, 0.1) is 6.92 Å². The topological polar surface area (TPSA) is 80.6 Å². The molecule has 0 spiro atoms. The van der Waals surface area contributed by atoms with Crippen molar-refractivity contribution in [2.75, 3.05) is 5.73 Å². The van der Waals surface area contributed by atoms with E-state index in [1.54, 1.807) is 29.7 Å². The van der Waals surface area contributed by atoms with Crippen molar-refractivity contribution in [2.45, 2.75) is 6.92 Å². The fourth-order valence-electron chi connectivity index (χ4n) is 1.41. The van der Waals surface area contributed by atoms with Crippen LogP contribution in [-0.2, 0) is 0 Å². The number of carbonyl (C=O) groups is 1. The molecule has 0 aliphatic carbocycles. The molecule has 0 fully saturated rings. The second kappa shape index (κ2) is 2.73. The zero-order chi connectivity index (χ0) is 10.3. The molecular weight excluding hydrogens is 182 g/mol. The van der Waals surface area contributed by atoms with Crippen LogP contribution in [0.2, 0.25) is 0 Å². The van der Waals surface area contributed by atoms with Crippen molar-refractivity contribution in [3.8, 4) is 0 Å². The van der Waals surface area contributed by atoms with Crippen LogP contribution in [-0.4, -0.2) is 20.5 Å². The van der Waals surface area contributed by atoms with Gasteiger partial charge in [0, 0.05) is 11.9 Å². The lowest BCUT2D eigenvalue weighted by molar-refractivity contribution is 0.0693. The van der Waals surface area contributed by atoms with Crippen molar-refractivity contribution >= 4 is 17.2 Å². The van der Waals surface area contributed by atoms with E-state index < -0.39 is 5.97 Å². The molecule has 5 heteroatoms. The summed E-state index contributed by atoms with van der Waals surface area (Å²) in [5.41, 5.74) is 6.66. The van der Waals surface area contributed by atoms with Crippen molar-refractivity contribution in [3.05, 3.63) is 29.8 Å². The van der Waals surface area contributed by atoms with Gasteiger partial charge in [-0.15, -0.1) is 0 Å². The molecule has 2 aromatic heterocycles. The Bertz CT molecular complexity index is 516. The van der Waals surface area contributed by atoms with Crippen LogP contribution in [0.5, 0.6) is 0 Å². The van der Waals surface area contributed by atoms with Gasteiger partial charge in [-0.1, -0.05) is 0 Å². The number of pyridine rings is 1. The maximum atomic E-state index is 10.8. The van der Waals surface area contributed by atoms with Gasteiger partial charge in [-0.05, 0) is 19.1 Å². The molecule has 0 aliphatic rings. The molecule has 0 amide bonds. The van der Waals surface area contributed by atoms with Crippen molar-refractivity contribution in [1.82, 2.24) is 9.38 Å². The summed E-state index contributed by atoms with van der Waals surface area (Å²) in [4.78, 5) is 14.8. The first-order valence-corrected chi connectivity index (χ1v) is 4.07. The highest BCUT2D eigenvalue weighted by atomic mass is 16.4. The quantitative estimate of drug-likeness (QED) is 0.702. The maximum Gasteiger partial charge on any atom is 0.356 e. The van der Waals surface area contributed by atoms with Gasteiger partial charge >= 0.3 is 5.97 Å². The fraction of sp³-hybridized carbons (Fsp3) is 0.111. The van der Waals surface area contributed by atoms with Gasteiger partial charge < -0.3 is 15.2 Å². The van der Waals surface area contributed by atoms with Gasteiger partial charge in [0.15, 0.2) is 5.69 Å². The first-order chi connectivity index (χ1) is 6.59. The van der Waals surface area contributed by atoms with Crippen molar-refractivity contribution in [1.29, 1.82) is 0 Å². The number of carboxylic acids is 1. The van der Waals surface area contributed by atoms with E-state index in [1.165, 1.54) is 0 Å². The Morgan fingerprint density at radius 2 is 2.36 bits per heavy atom. The zero-order valence-electron chi connectivity index (χ0n) is 7.56. The van der Waals surface area contributed by atoms with Crippen molar-refractivity contribution < 1.29 is 9.90 Å². The lowest BCUT2D eigenvalue weighted by Gasteiger charge is -1.97. The third-order valence-corrected chi connectivity index (χ3v) is 2.05. The molecule has 0 radical (unpaired) electrons. The molecule has 2 rings (SSSR count). The van der Waals surface area contributed by atoms with Crippen LogP contribution in [0.4, 0.5) is 5.69 Å². The molecule has 0 saturated heterocycles. The van der Waals surface area contributed by atoms with E-state index in [2.05, 4.69) is 4.98 Å². The standard InChI is InChI=1S/C9H9N3O2/c1-5-11-8(9(13)14)7-4-6(10)2-3-12(5)7/h2-4H,10H2,1H3,(H,13,14). The number of fused-ring (bicyclic) bond motifs is 1. The van der Waals surface area contributed by atoms with Crippen LogP contribution in [0.1, 0.15) is 16.3 Å². The molecule has 72 valence electrons. The number of carboxylic acid groups (broad SMARTS) is 1. The summed E-state index contributed by atoms with van der Waals surface area (Å²) < 4.78 is 1.69. The molecule has 2 aromatic rings.